The first kappa shape index (κ1) is 22.9. The first-order chi connectivity index (χ1) is 16.7. The number of rotatable bonds is 8. The van der Waals surface area contributed by atoms with Gasteiger partial charge in [-0.05, 0) is 68.7 Å². The molecule has 2 fully saturated rings. The fourth-order valence-corrected chi connectivity index (χ4v) is 5.34. The van der Waals surface area contributed by atoms with Crippen molar-refractivity contribution < 1.29 is 14.3 Å². The second-order valence-corrected chi connectivity index (χ2v) is 10.2. The molecule has 0 bridgehead atoms. The van der Waals surface area contributed by atoms with Crippen molar-refractivity contribution in [2.24, 2.45) is 5.92 Å². The van der Waals surface area contributed by atoms with Crippen molar-refractivity contribution in [3.63, 3.8) is 0 Å². The van der Waals surface area contributed by atoms with E-state index in [1.54, 1.807) is 11.3 Å². The van der Waals surface area contributed by atoms with Gasteiger partial charge in [-0.1, -0.05) is 12.5 Å². The SMILES string of the molecule is Cc1ccc(CNC(=O)c2cccc(-c3ncc(C4CCC4)s3)c2OCC2CCOCC2)nn1. The smallest absolute Gasteiger partial charge is 0.255 e. The van der Waals surface area contributed by atoms with Crippen molar-refractivity contribution in [1.82, 2.24) is 20.5 Å². The Bertz CT molecular complexity index is 1120. The number of amides is 1. The van der Waals surface area contributed by atoms with Gasteiger partial charge in [0.05, 0.1) is 35.7 Å². The third-order valence-electron chi connectivity index (χ3n) is 6.61. The number of aryl methyl sites for hydroxylation is 1. The summed E-state index contributed by atoms with van der Waals surface area (Å²) >= 11 is 1.72. The number of hydrogen-bond acceptors (Lipinski definition) is 7. The van der Waals surface area contributed by atoms with Gasteiger partial charge in [0, 0.05) is 24.3 Å². The summed E-state index contributed by atoms with van der Waals surface area (Å²) in [6.07, 6.45) is 7.70. The molecule has 34 heavy (non-hydrogen) atoms. The lowest BCUT2D eigenvalue weighted by Crippen LogP contribution is -2.26. The van der Waals surface area contributed by atoms with Crippen molar-refractivity contribution in [3.05, 3.63) is 58.4 Å². The largest absolute Gasteiger partial charge is 0.492 e. The lowest BCUT2D eigenvalue weighted by molar-refractivity contribution is 0.0496. The highest BCUT2D eigenvalue weighted by Crippen LogP contribution is 2.43. The molecule has 0 spiro atoms. The molecule has 1 aliphatic heterocycles. The Kier molecular flexibility index (Phi) is 7.16. The number of carbonyl (C=O) groups is 1. The first-order valence-corrected chi connectivity index (χ1v) is 12.9. The highest BCUT2D eigenvalue weighted by atomic mass is 32.1. The highest BCUT2D eigenvalue weighted by Gasteiger charge is 2.25. The van der Waals surface area contributed by atoms with Gasteiger partial charge in [0.25, 0.3) is 5.91 Å². The van der Waals surface area contributed by atoms with E-state index in [1.807, 2.05) is 43.5 Å². The summed E-state index contributed by atoms with van der Waals surface area (Å²) in [6, 6.07) is 9.49. The van der Waals surface area contributed by atoms with Crippen molar-refractivity contribution in [3.8, 4) is 16.3 Å². The summed E-state index contributed by atoms with van der Waals surface area (Å²) in [5, 5.41) is 12.1. The monoisotopic (exact) mass is 478 g/mol. The lowest BCUT2D eigenvalue weighted by Gasteiger charge is -2.24. The Balaban J connectivity index is 1.39. The van der Waals surface area contributed by atoms with E-state index >= 15 is 0 Å². The van der Waals surface area contributed by atoms with Gasteiger partial charge in [0.2, 0.25) is 0 Å². The Hall–Kier alpha value is -2.84. The minimum absolute atomic E-state index is 0.193. The second kappa shape index (κ2) is 10.6. The Morgan fingerprint density at radius 3 is 2.74 bits per heavy atom. The van der Waals surface area contributed by atoms with Crippen LogP contribution in [0.5, 0.6) is 5.75 Å². The molecule has 1 amide bonds. The van der Waals surface area contributed by atoms with Crippen molar-refractivity contribution in [2.45, 2.75) is 51.5 Å². The van der Waals surface area contributed by atoms with Crippen molar-refractivity contribution >= 4 is 17.2 Å². The molecule has 0 unspecified atom stereocenters. The normalized spacial score (nSPS) is 16.7. The zero-order chi connectivity index (χ0) is 23.3. The van der Waals surface area contributed by atoms with Gasteiger partial charge >= 0.3 is 0 Å². The summed E-state index contributed by atoms with van der Waals surface area (Å²) in [5.41, 5.74) is 2.96. The van der Waals surface area contributed by atoms with E-state index in [2.05, 4.69) is 15.5 Å². The van der Waals surface area contributed by atoms with Crippen LogP contribution in [-0.2, 0) is 11.3 Å². The average Bonchev–Trinajstić information content (AvgIpc) is 3.30. The maximum atomic E-state index is 13.2. The van der Waals surface area contributed by atoms with Gasteiger partial charge in [0.1, 0.15) is 10.8 Å². The predicted molar refractivity (Wildman–Crippen MR) is 131 cm³/mol. The quantitative estimate of drug-likeness (QED) is 0.495. The molecule has 7 nitrogen and oxygen atoms in total. The fourth-order valence-electron chi connectivity index (χ4n) is 4.23. The molecule has 1 aromatic carbocycles. The molecule has 1 saturated carbocycles. The predicted octanol–water partition coefficient (Wildman–Crippen LogP) is 4.91. The molecular weight excluding hydrogens is 448 g/mol. The number of para-hydroxylation sites is 1. The lowest BCUT2D eigenvalue weighted by atomic mass is 9.85. The molecule has 1 aliphatic carbocycles. The maximum absolute atomic E-state index is 13.2. The molecule has 8 heteroatoms. The highest BCUT2D eigenvalue weighted by molar-refractivity contribution is 7.15. The molecule has 1 saturated heterocycles. The summed E-state index contributed by atoms with van der Waals surface area (Å²) in [5.74, 6) is 1.46. The van der Waals surface area contributed by atoms with Gasteiger partial charge in [-0.25, -0.2) is 4.98 Å². The van der Waals surface area contributed by atoms with Crippen LogP contribution >= 0.6 is 11.3 Å². The minimum atomic E-state index is -0.193. The third-order valence-corrected chi connectivity index (χ3v) is 7.80. The molecule has 0 radical (unpaired) electrons. The average molecular weight is 479 g/mol. The van der Waals surface area contributed by atoms with Crippen LogP contribution in [0.25, 0.3) is 10.6 Å². The van der Waals surface area contributed by atoms with Crippen LogP contribution in [0.3, 0.4) is 0 Å². The summed E-state index contributed by atoms with van der Waals surface area (Å²) < 4.78 is 11.9. The zero-order valence-electron chi connectivity index (χ0n) is 19.5. The van der Waals surface area contributed by atoms with Gasteiger partial charge in [-0.2, -0.15) is 10.2 Å². The molecule has 2 aliphatic rings. The topological polar surface area (TPSA) is 86.2 Å². The van der Waals surface area contributed by atoms with E-state index < -0.39 is 0 Å². The fraction of sp³-hybridized carbons (Fsp3) is 0.462. The molecule has 1 N–H and O–H groups in total. The Morgan fingerprint density at radius 2 is 2.00 bits per heavy atom. The number of hydrogen-bond donors (Lipinski definition) is 1. The third kappa shape index (κ3) is 5.28. The van der Waals surface area contributed by atoms with Crippen LogP contribution < -0.4 is 10.1 Å². The van der Waals surface area contributed by atoms with Crippen molar-refractivity contribution in [1.29, 1.82) is 0 Å². The molecular formula is C26H30N4O3S. The maximum Gasteiger partial charge on any atom is 0.255 e. The number of benzene rings is 1. The van der Waals surface area contributed by atoms with E-state index in [4.69, 9.17) is 14.5 Å². The van der Waals surface area contributed by atoms with Crippen LogP contribution in [0.15, 0.2) is 36.5 Å². The first-order valence-electron chi connectivity index (χ1n) is 12.0. The Morgan fingerprint density at radius 1 is 1.15 bits per heavy atom. The van der Waals surface area contributed by atoms with Gasteiger partial charge < -0.3 is 14.8 Å². The number of thiazole rings is 1. The standard InChI is InChI=1S/C26H30N4O3S/c1-17-8-9-20(30-29-17)14-27-25(31)21-6-3-7-22(24(21)33-16-18-10-12-32-13-11-18)26-28-15-23(34-26)19-4-2-5-19/h3,6-9,15,18-19H,2,4-5,10-14,16H2,1H3,(H,27,31). The van der Waals surface area contributed by atoms with E-state index in [1.165, 1.54) is 24.1 Å². The number of carbonyl (C=O) groups excluding carboxylic acids is 1. The summed E-state index contributed by atoms with van der Waals surface area (Å²) in [4.78, 5) is 19.3. The van der Waals surface area contributed by atoms with Gasteiger partial charge in [-0.15, -0.1) is 11.3 Å². The Labute approximate surface area is 203 Å². The van der Waals surface area contributed by atoms with Gasteiger partial charge in [-0.3, -0.25) is 4.79 Å². The van der Waals surface area contributed by atoms with E-state index in [0.717, 1.165) is 42.3 Å². The van der Waals surface area contributed by atoms with Crippen LogP contribution in [-0.4, -0.2) is 40.9 Å². The number of nitrogens with one attached hydrogen (secondary N) is 1. The molecule has 3 aromatic rings. The minimum Gasteiger partial charge on any atom is -0.492 e. The van der Waals surface area contributed by atoms with E-state index in [0.29, 0.717) is 42.0 Å². The van der Waals surface area contributed by atoms with Crippen molar-refractivity contribution in [2.75, 3.05) is 19.8 Å². The molecule has 0 atom stereocenters. The van der Waals surface area contributed by atoms with Crippen LogP contribution in [0.4, 0.5) is 0 Å². The molecule has 5 rings (SSSR count). The van der Waals surface area contributed by atoms with Gasteiger partial charge in [0.15, 0.2) is 0 Å². The van der Waals surface area contributed by atoms with Crippen LogP contribution in [0.1, 0.15) is 64.6 Å². The number of nitrogens with zero attached hydrogens (tertiary/aromatic N) is 3. The van der Waals surface area contributed by atoms with E-state index in [9.17, 15) is 4.79 Å². The number of ether oxygens (including phenoxy) is 2. The number of aromatic nitrogens is 3. The van der Waals surface area contributed by atoms with E-state index in [-0.39, 0.29) is 5.91 Å². The second-order valence-electron chi connectivity index (χ2n) is 9.09. The molecule has 178 valence electrons. The van der Waals surface area contributed by atoms with Crippen LogP contribution in [0, 0.1) is 12.8 Å². The van der Waals surface area contributed by atoms with Crippen LogP contribution in [0.2, 0.25) is 0 Å². The summed E-state index contributed by atoms with van der Waals surface area (Å²) in [6.45, 7) is 4.28. The molecule has 2 aromatic heterocycles. The zero-order valence-corrected chi connectivity index (χ0v) is 20.3. The summed E-state index contributed by atoms with van der Waals surface area (Å²) in [7, 11) is 0. The molecule has 3 heterocycles.